The molecular formula is C22H24N4O2. The SMILES string of the molecule is CCOc1ccc(NC(=O)c2cnc(Nc3ccccc3C(C)C)nc2)cc1. The molecule has 6 nitrogen and oxygen atoms in total. The predicted octanol–water partition coefficient (Wildman–Crippen LogP) is 4.99. The summed E-state index contributed by atoms with van der Waals surface area (Å²) in [4.78, 5) is 20.9. The van der Waals surface area contributed by atoms with Crippen molar-refractivity contribution in [1.82, 2.24) is 9.97 Å². The van der Waals surface area contributed by atoms with Crippen LogP contribution in [-0.2, 0) is 0 Å². The molecule has 0 bridgehead atoms. The van der Waals surface area contributed by atoms with Crippen LogP contribution in [0.1, 0.15) is 42.6 Å². The summed E-state index contributed by atoms with van der Waals surface area (Å²) in [7, 11) is 0. The van der Waals surface area contributed by atoms with Crippen LogP contribution in [0.15, 0.2) is 60.9 Å². The van der Waals surface area contributed by atoms with Crippen molar-refractivity contribution in [1.29, 1.82) is 0 Å². The Morgan fingerprint density at radius 2 is 1.71 bits per heavy atom. The van der Waals surface area contributed by atoms with Crippen LogP contribution in [0.4, 0.5) is 17.3 Å². The lowest BCUT2D eigenvalue weighted by Gasteiger charge is -2.13. The van der Waals surface area contributed by atoms with Crippen molar-refractivity contribution in [3.05, 3.63) is 72.1 Å². The first-order valence-electron chi connectivity index (χ1n) is 9.29. The van der Waals surface area contributed by atoms with E-state index in [2.05, 4.69) is 40.5 Å². The molecule has 2 N–H and O–H groups in total. The number of anilines is 3. The van der Waals surface area contributed by atoms with Crippen molar-refractivity contribution in [2.45, 2.75) is 26.7 Å². The molecule has 0 saturated heterocycles. The molecule has 2 aromatic carbocycles. The van der Waals surface area contributed by atoms with Crippen LogP contribution in [-0.4, -0.2) is 22.5 Å². The van der Waals surface area contributed by atoms with Gasteiger partial charge < -0.3 is 15.4 Å². The number of hydrogen-bond donors (Lipinski definition) is 2. The molecule has 28 heavy (non-hydrogen) atoms. The lowest BCUT2D eigenvalue weighted by Crippen LogP contribution is -2.13. The van der Waals surface area contributed by atoms with Crippen LogP contribution in [0, 0.1) is 0 Å². The summed E-state index contributed by atoms with van der Waals surface area (Å²) < 4.78 is 5.40. The predicted molar refractivity (Wildman–Crippen MR) is 111 cm³/mol. The number of para-hydroxylation sites is 1. The molecule has 144 valence electrons. The number of benzene rings is 2. The van der Waals surface area contributed by atoms with Gasteiger partial charge in [-0.05, 0) is 48.7 Å². The molecule has 0 radical (unpaired) electrons. The Balaban J connectivity index is 1.66. The minimum absolute atomic E-state index is 0.265. The Bertz CT molecular complexity index is 922. The Morgan fingerprint density at radius 1 is 1.04 bits per heavy atom. The second-order valence-electron chi connectivity index (χ2n) is 6.57. The number of nitrogens with one attached hydrogen (secondary N) is 2. The smallest absolute Gasteiger partial charge is 0.258 e. The van der Waals surface area contributed by atoms with Gasteiger partial charge in [0.25, 0.3) is 5.91 Å². The third-order valence-corrected chi connectivity index (χ3v) is 4.17. The van der Waals surface area contributed by atoms with E-state index in [1.807, 2.05) is 37.3 Å². The van der Waals surface area contributed by atoms with Gasteiger partial charge in [-0.15, -0.1) is 0 Å². The van der Waals surface area contributed by atoms with Gasteiger partial charge in [0.15, 0.2) is 0 Å². The van der Waals surface area contributed by atoms with Crippen LogP contribution < -0.4 is 15.4 Å². The van der Waals surface area contributed by atoms with Crippen LogP contribution in [0.2, 0.25) is 0 Å². The quantitative estimate of drug-likeness (QED) is 0.607. The monoisotopic (exact) mass is 376 g/mol. The van der Waals surface area contributed by atoms with Gasteiger partial charge in [-0.25, -0.2) is 9.97 Å². The zero-order valence-electron chi connectivity index (χ0n) is 16.3. The molecule has 3 rings (SSSR count). The lowest BCUT2D eigenvalue weighted by atomic mass is 10.0. The third kappa shape index (κ3) is 4.85. The van der Waals surface area contributed by atoms with Crippen LogP contribution in [0.25, 0.3) is 0 Å². The zero-order valence-corrected chi connectivity index (χ0v) is 16.3. The van der Waals surface area contributed by atoms with Gasteiger partial charge >= 0.3 is 0 Å². The molecule has 0 aliphatic carbocycles. The highest BCUT2D eigenvalue weighted by molar-refractivity contribution is 6.03. The molecule has 0 fully saturated rings. The fraction of sp³-hybridized carbons (Fsp3) is 0.227. The molecule has 1 heterocycles. The van der Waals surface area contributed by atoms with Crippen molar-refractivity contribution in [3.8, 4) is 5.75 Å². The number of rotatable bonds is 7. The molecule has 1 amide bonds. The van der Waals surface area contributed by atoms with E-state index in [0.717, 1.165) is 11.4 Å². The number of nitrogens with zero attached hydrogens (tertiary/aromatic N) is 2. The summed E-state index contributed by atoms with van der Waals surface area (Å²) in [5.41, 5.74) is 3.21. The summed E-state index contributed by atoms with van der Waals surface area (Å²) in [6.45, 7) is 6.80. The maximum absolute atomic E-state index is 12.4. The highest BCUT2D eigenvalue weighted by atomic mass is 16.5. The molecule has 0 atom stereocenters. The zero-order chi connectivity index (χ0) is 19.9. The van der Waals surface area contributed by atoms with E-state index in [0.29, 0.717) is 29.7 Å². The Hall–Kier alpha value is -3.41. The standard InChI is InChI=1S/C22H24N4O2/c1-4-28-18-11-9-17(10-12-18)25-21(27)16-13-23-22(24-14-16)26-20-8-6-5-7-19(20)15(2)3/h5-15H,4H2,1-3H3,(H,25,27)(H,23,24,26). The first-order chi connectivity index (χ1) is 13.6. The number of amides is 1. The van der Waals surface area contributed by atoms with Gasteiger partial charge in [0.05, 0.1) is 12.2 Å². The summed E-state index contributed by atoms with van der Waals surface area (Å²) >= 11 is 0. The van der Waals surface area contributed by atoms with Gasteiger partial charge in [-0.2, -0.15) is 0 Å². The van der Waals surface area contributed by atoms with Crippen molar-refractivity contribution >= 4 is 23.2 Å². The second kappa shape index (κ2) is 8.99. The van der Waals surface area contributed by atoms with Gasteiger partial charge in [0, 0.05) is 23.8 Å². The molecule has 0 spiro atoms. The molecule has 0 saturated carbocycles. The summed E-state index contributed by atoms with van der Waals surface area (Å²) in [5.74, 6) is 1.33. The van der Waals surface area contributed by atoms with E-state index >= 15 is 0 Å². The van der Waals surface area contributed by atoms with E-state index in [9.17, 15) is 4.79 Å². The minimum Gasteiger partial charge on any atom is -0.494 e. The fourth-order valence-corrected chi connectivity index (χ4v) is 2.75. The number of carbonyl (C=O) groups is 1. The lowest BCUT2D eigenvalue weighted by molar-refractivity contribution is 0.102. The van der Waals surface area contributed by atoms with Crippen molar-refractivity contribution < 1.29 is 9.53 Å². The maximum Gasteiger partial charge on any atom is 0.258 e. The molecule has 3 aromatic rings. The highest BCUT2D eigenvalue weighted by Gasteiger charge is 2.10. The first kappa shape index (κ1) is 19.4. The van der Waals surface area contributed by atoms with Gasteiger partial charge in [0.1, 0.15) is 5.75 Å². The van der Waals surface area contributed by atoms with Crippen molar-refractivity contribution in [2.75, 3.05) is 17.2 Å². The van der Waals surface area contributed by atoms with Gasteiger partial charge in [-0.3, -0.25) is 4.79 Å². The fourth-order valence-electron chi connectivity index (χ4n) is 2.75. The average Bonchev–Trinajstić information content (AvgIpc) is 2.70. The van der Waals surface area contributed by atoms with E-state index < -0.39 is 0 Å². The molecule has 0 unspecified atom stereocenters. The summed E-state index contributed by atoms with van der Waals surface area (Å²) in [6.07, 6.45) is 3.02. The van der Waals surface area contributed by atoms with E-state index in [1.54, 1.807) is 12.1 Å². The highest BCUT2D eigenvalue weighted by Crippen LogP contribution is 2.25. The largest absolute Gasteiger partial charge is 0.494 e. The Morgan fingerprint density at radius 3 is 2.36 bits per heavy atom. The Labute approximate surface area is 165 Å². The van der Waals surface area contributed by atoms with Crippen molar-refractivity contribution in [2.24, 2.45) is 0 Å². The normalized spacial score (nSPS) is 10.6. The third-order valence-electron chi connectivity index (χ3n) is 4.17. The van der Waals surface area contributed by atoms with Crippen molar-refractivity contribution in [3.63, 3.8) is 0 Å². The number of aromatic nitrogens is 2. The van der Waals surface area contributed by atoms with E-state index in [4.69, 9.17) is 4.74 Å². The molecule has 1 aromatic heterocycles. The van der Waals surface area contributed by atoms with E-state index in [-0.39, 0.29) is 5.91 Å². The van der Waals surface area contributed by atoms with Crippen LogP contribution in [0.5, 0.6) is 5.75 Å². The number of hydrogen-bond acceptors (Lipinski definition) is 5. The van der Waals surface area contributed by atoms with Gasteiger partial charge in [0.2, 0.25) is 5.95 Å². The molecular weight excluding hydrogens is 352 g/mol. The second-order valence-corrected chi connectivity index (χ2v) is 6.57. The summed E-state index contributed by atoms with van der Waals surface area (Å²) in [6, 6.07) is 15.3. The maximum atomic E-state index is 12.4. The summed E-state index contributed by atoms with van der Waals surface area (Å²) in [5, 5.41) is 6.05. The first-order valence-corrected chi connectivity index (χ1v) is 9.29. The molecule has 0 aliphatic heterocycles. The Kier molecular flexibility index (Phi) is 6.22. The molecule has 6 heteroatoms. The molecule has 0 aliphatic rings. The number of ether oxygens (including phenoxy) is 1. The number of carbonyl (C=O) groups excluding carboxylic acids is 1. The topological polar surface area (TPSA) is 76.1 Å². The minimum atomic E-state index is -0.265. The van der Waals surface area contributed by atoms with Crippen LogP contribution in [0.3, 0.4) is 0 Å². The van der Waals surface area contributed by atoms with E-state index in [1.165, 1.54) is 18.0 Å². The average molecular weight is 376 g/mol. The van der Waals surface area contributed by atoms with Crippen LogP contribution >= 0.6 is 0 Å². The van der Waals surface area contributed by atoms with Gasteiger partial charge in [-0.1, -0.05) is 32.0 Å².